The van der Waals surface area contributed by atoms with Crippen LogP contribution in [0.15, 0.2) is 10.7 Å². The number of nitro groups is 1. The highest BCUT2D eigenvalue weighted by atomic mass is 79.9. The lowest BCUT2D eigenvalue weighted by molar-refractivity contribution is -0.385. The Morgan fingerprint density at radius 3 is 2.80 bits per heavy atom. The van der Waals surface area contributed by atoms with E-state index in [0.29, 0.717) is 16.0 Å². The van der Waals surface area contributed by atoms with Gasteiger partial charge in [-0.2, -0.15) is 0 Å². The summed E-state index contributed by atoms with van der Waals surface area (Å²) < 4.78 is 0.711. The zero-order valence-corrected chi connectivity index (χ0v) is 13.3. The summed E-state index contributed by atoms with van der Waals surface area (Å²) in [6.07, 6.45) is 3.66. The third-order valence-electron chi connectivity index (χ3n) is 3.77. The fraction of sp³-hybridized carbons (Fsp3) is 0.615. The SMILES string of the molecule is Cc1c([N+](=O)[O-])cnc(N(C)CC2CCNCC2)c1Br. The third kappa shape index (κ3) is 3.27. The lowest BCUT2D eigenvalue weighted by Crippen LogP contribution is -2.35. The topological polar surface area (TPSA) is 71.3 Å². The average molecular weight is 343 g/mol. The van der Waals surface area contributed by atoms with Crippen molar-refractivity contribution in [3.05, 3.63) is 26.3 Å². The lowest BCUT2D eigenvalue weighted by Gasteiger charge is -2.28. The molecule has 1 saturated heterocycles. The van der Waals surface area contributed by atoms with E-state index in [4.69, 9.17) is 0 Å². The van der Waals surface area contributed by atoms with E-state index in [1.54, 1.807) is 6.92 Å². The number of nitrogens with one attached hydrogen (secondary N) is 1. The Kier molecular flexibility index (Phi) is 4.93. The minimum atomic E-state index is -0.399. The predicted octanol–water partition coefficient (Wildman–Crippen LogP) is 2.50. The monoisotopic (exact) mass is 342 g/mol. The Morgan fingerprint density at radius 1 is 1.55 bits per heavy atom. The Hall–Kier alpha value is -1.21. The van der Waals surface area contributed by atoms with Crippen LogP contribution in [0, 0.1) is 23.0 Å². The van der Waals surface area contributed by atoms with Gasteiger partial charge in [0, 0.05) is 19.2 Å². The average Bonchev–Trinajstić information content (AvgIpc) is 2.42. The van der Waals surface area contributed by atoms with Crippen molar-refractivity contribution in [3.63, 3.8) is 0 Å². The van der Waals surface area contributed by atoms with Gasteiger partial charge in [0.1, 0.15) is 12.0 Å². The first-order valence-corrected chi connectivity index (χ1v) is 7.51. The summed E-state index contributed by atoms with van der Waals surface area (Å²) in [5.74, 6) is 1.41. The number of hydrogen-bond donors (Lipinski definition) is 1. The first-order chi connectivity index (χ1) is 9.50. The molecular weight excluding hydrogens is 324 g/mol. The molecule has 0 spiro atoms. The molecule has 2 heterocycles. The number of rotatable bonds is 4. The molecule has 110 valence electrons. The molecule has 0 radical (unpaired) electrons. The van der Waals surface area contributed by atoms with Gasteiger partial charge in [0.05, 0.1) is 9.40 Å². The maximum atomic E-state index is 10.9. The van der Waals surface area contributed by atoms with Crippen LogP contribution in [0.2, 0.25) is 0 Å². The number of nitrogens with zero attached hydrogens (tertiary/aromatic N) is 3. The molecule has 0 aromatic carbocycles. The second kappa shape index (κ2) is 6.49. The Labute approximate surface area is 126 Å². The fourth-order valence-electron chi connectivity index (χ4n) is 2.54. The number of hydrogen-bond acceptors (Lipinski definition) is 5. The summed E-state index contributed by atoms with van der Waals surface area (Å²) in [6.45, 7) is 4.79. The molecule has 1 aliphatic heterocycles. The second-order valence-electron chi connectivity index (χ2n) is 5.24. The zero-order chi connectivity index (χ0) is 14.7. The van der Waals surface area contributed by atoms with Crippen LogP contribution in [0.3, 0.4) is 0 Å². The first kappa shape index (κ1) is 15.2. The van der Waals surface area contributed by atoms with Crippen molar-refractivity contribution in [2.45, 2.75) is 19.8 Å². The van der Waals surface area contributed by atoms with Crippen LogP contribution in [0.5, 0.6) is 0 Å². The van der Waals surface area contributed by atoms with E-state index in [9.17, 15) is 10.1 Å². The molecule has 1 aromatic heterocycles. The standard InChI is InChI=1S/C13H19BrN4O2/c1-9-11(18(19)20)7-16-13(12(9)14)17(2)8-10-3-5-15-6-4-10/h7,10,15H,3-6,8H2,1-2H3. The number of halogens is 1. The maximum absolute atomic E-state index is 10.9. The van der Waals surface area contributed by atoms with Crippen molar-refractivity contribution in [2.75, 3.05) is 31.6 Å². The van der Waals surface area contributed by atoms with Crippen molar-refractivity contribution in [1.29, 1.82) is 0 Å². The maximum Gasteiger partial charge on any atom is 0.291 e. The van der Waals surface area contributed by atoms with Gasteiger partial charge in [-0.25, -0.2) is 4.98 Å². The molecule has 0 bridgehead atoms. The molecule has 1 N–H and O–H groups in total. The van der Waals surface area contributed by atoms with Gasteiger partial charge in [-0.3, -0.25) is 10.1 Å². The van der Waals surface area contributed by atoms with Gasteiger partial charge in [0.2, 0.25) is 0 Å². The Balaban J connectivity index is 2.15. The zero-order valence-electron chi connectivity index (χ0n) is 11.7. The molecule has 0 unspecified atom stereocenters. The highest BCUT2D eigenvalue weighted by molar-refractivity contribution is 9.10. The van der Waals surface area contributed by atoms with Crippen LogP contribution in [0.25, 0.3) is 0 Å². The highest BCUT2D eigenvalue weighted by Crippen LogP contribution is 2.32. The first-order valence-electron chi connectivity index (χ1n) is 6.72. The van der Waals surface area contributed by atoms with E-state index in [-0.39, 0.29) is 5.69 Å². The van der Waals surface area contributed by atoms with Crippen LogP contribution < -0.4 is 10.2 Å². The predicted molar refractivity (Wildman–Crippen MR) is 82.2 cm³/mol. The number of pyridine rings is 1. The summed E-state index contributed by atoms with van der Waals surface area (Å²) in [7, 11) is 1.99. The van der Waals surface area contributed by atoms with Crippen LogP contribution >= 0.6 is 15.9 Å². The van der Waals surface area contributed by atoms with Gasteiger partial charge in [-0.05, 0) is 54.7 Å². The Morgan fingerprint density at radius 2 is 2.20 bits per heavy atom. The summed E-state index contributed by atoms with van der Waals surface area (Å²) in [5, 5.41) is 14.2. The molecule has 1 aliphatic rings. The summed E-state index contributed by atoms with van der Waals surface area (Å²) >= 11 is 3.44. The summed E-state index contributed by atoms with van der Waals surface area (Å²) in [6, 6.07) is 0. The fourth-order valence-corrected chi connectivity index (χ4v) is 3.15. The van der Waals surface area contributed by atoms with Gasteiger partial charge in [0.15, 0.2) is 0 Å². The van der Waals surface area contributed by atoms with Crippen LogP contribution in [-0.4, -0.2) is 36.6 Å². The van der Waals surface area contributed by atoms with Crippen molar-refractivity contribution < 1.29 is 4.92 Å². The van der Waals surface area contributed by atoms with E-state index >= 15 is 0 Å². The normalized spacial score (nSPS) is 16.1. The van der Waals surface area contributed by atoms with Gasteiger partial charge in [0.25, 0.3) is 5.69 Å². The number of piperidine rings is 1. The summed E-state index contributed by atoms with van der Waals surface area (Å²) in [5.41, 5.74) is 0.674. The van der Waals surface area contributed by atoms with Gasteiger partial charge in [-0.15, -0.1) is 0 Å². The third-order valence-corrected chi connectivity index (χ3v) is 4.72. The highest BCUT2D eigenvalue weighted by Gasteiger charge is 2.21. The molecule has 0 aliphatic carbocycles. The van der Waals surface area contributed by atoms with E-state index in [0.717, 1.165) is 38.3 Å². The minimum absolute atomic E-state index is 0.0518. The van der Waals surface area contributed by atoms with Gasteiger partial charge < -0.3 is 10.2 Å². The molecule has 2 rings (SSSR count). The van der Waals surface area contributed by atoms with Crippen molar-refractivity contribution in [2.24, 2.45) is 5.92 Å². The van der Waals surface area contributed by atoms with Crippen LogP contribution in [0.4, 0.5) is 11.5 Å². The second-order valence-corrected chi connectivity index (χ2v) is 6.03. The van der Waals surface area contributed by atoms with Crippen LogP contribution in [-0.2, 0) is 0 Å². The smallest absolute Gasteiger partial charge is 0.291 e. The summed E-state index contributed by atoms with van der Waals surface area (Å²) in [4.78, 5) is 16.8. The number of aromatic nitrogens is 1. The molecule has 20 heavy (non-hydrogen) atoms. The minimum Gasteiger partial charge on any atom is -0.358 e. The molecule has 0 atom stereocenters. The van der Waals surface area contributed by atoms with Crippen molar-refractivity contribution in [1.82, 2.24) is 10.3 Å². The number of anilines is 1. The molecule has 6 nitrogen and oxygen atoms in total. The van der Waals surface area contributed by atoms with E-state index in [2.05, 4.69) is 31.1 Å². The van der Waals surface area contributed by atoms with E-state index in [1.807, 2.05) is 7.05 Å². The Bertz CT molecular complexity index is 503. The van der Waals surface area contributed by atoms with E-state index < -0.39 is 4.92 Å². The molecule has 1 aromatic rings. The van der Waals surface area contributed by atoms with Gasteiger partial charge >= 0.3 is 0 Å². The largest absolute Gasteiger partial charge is 0.358 e. The van der Waals surface area contributed by atoms with Crippen molar-refractivity contribution >= 4 is 27.4 Å². The van der Waals surface area contributed by atoms with Gasteiger partial charge in [-0.1, -0.05) is 0 Å². The molecular formula is C13H19BrN4O2. The van der Waals surface area contributed by atoms with Crippen molar-refractivity contribution in [3.8, 4) is 0 Å². The molecule has 0 saturated carbocycles. The van der Waals surface area contributed by atoms with E-state index in [1.165, 1.54) is 6.20 Å². The molecule has 1 fully saturated rings. The quantitative estimate of drug-likeness (QED) is 0.672. The lowest BCUT2D eigenvalue weighted by atomic mass is 9.98. The molecule has 7 heteroatoms. The van der Waals surface area contributed by atoms with Crippen LogP contribution in [0.1, 0.15) is 18.4 Å². The molecule has 0 amide bonds.